The SMILES string of the molecule is CCCN1CCC(NC(=O)CCc2cc(OC)cc(OC)c2)CC1. The molecule has 0 saturated carbocycles. The zero-order valence-electron chi connectivity index (χ0n) is 15.1. The molecule has 1 aromatic carbocycles. The van der Waals surface area contributed by atoms with Gasteiger partial charge in [0.25, 0.3) is 0 Å². The van der Waals surface area contributed by atoms with Crippen LogP contribution in [0.4, 0.5) is 0 Å². The Morgan fingerprint density at radius 3 is 2.33 bits per heavy atom. The van der Waals surface area contributed by atoms with E-state index in [9.17, 15) is 4.79 Å². The van der Waals surface area contributed by atoms with Gasteiger partial charge in [-0.05, 0) is 49.9 Å². The third-order valence-electron chi connectivity index (χ3n) is 4.54. The number of nitrogens with zero attached hydrogens (tertiary/aromatic N) is 1. The van der Waals surface area contributed by atoms with Crippen molar-refractivity contribution >= 4 is 5.91 Å². The standard InChI is InChI=1S/C19H30N2O3/c1-4-9-21-10-7-16(8-11-21)20-19(22)6-5-15-12-17(23-2)14-18(13-15)24-3/h12-14,16H,4-11H2,1-3H3,(H,20,22). The molecule has 1 heterocycles. The second-order valence-electron chi connectivity index (χ2n) is 6.40. The van der Waals surface area contributed by atoms with Crippen LogP contribution in [0.3, 0.4) is 0 Å². The van der Waals surface area contributed by atoms with Crippen LogP contribution in [-0.4, -0.2) is 50.7 Å². The number of hydrogen-bond acceptors (Lipinski definition) is 4. The van der Waals surface area contributed by atoms with Crippen molar-refractivity contribution in [2.75, 3.05) is 33.9 Å². The summed E-state index contributed by atoms with van der Waals surface area (Å²) in [6, 6.07) is 6.08. The fourth-order valence-electron chi connectivity index (χ4n) is 3.19. The summed E-state index contributed by atoms with van der Waals surface area (Å²) in [6.07, 6.45) is 4.48. The third-order valence-corrected chi connectivity index (χ3v) is 4.54. The van der Waals surface area contributed by atoms with Crippen molar-refractivity contribution in [1.29, 1.82) is 0 Å². The zero-order valence-corrected chi connectivity index (χ0v) is 15.1. The molecule has 1 N–H and O–H groups in total. The summed E-state index contributed by atoms with van der Waals surface area (Å²) in [5, 5.41) is 3.18. The van der Waals surface area contributed by atoms with Crippen LogP contribution in [0.15, 0.2) is 18.2 Å². The predicted molar refractivity (Wildman–Crippen MR) is 95.8 cm³/mol. The Hall–Kier alpha value is -1.75. The van der Waals surface area contributed by atoms with Crippen molar-refractivity contribution in [1.82, 2.24) is 10.2 Å². The molecular formula is C19H30N2O3. The van der Waals surface area contributed by atoms with Gasteiger partial charge in [-0.1, -0.05) is 6.92 Å². The average Bonchev–Trinajstić information content (AvgIpc) is 2.61. The zero-order chi connectivity index (χ0) is 17.4. The summed E-state index contributed by atoms with van der Waals surface area (Å²) >= 11 is 0. The van der Waals surface area contributed by atoms with Crippen LogP contribution in [0, 0.1) is 0 Å². The van der Waals surface area contributed by atoms with E-state index in [0.29, 0.717) is 18.9 Å². The molecule has 5 nitrogen and oxygen atoms in total. The number of piperidine rings is 1. The molecule has 0 aromatic heterocycles. The number of ether oxygens (including phenoxy) is 2. The van der Waals surface area contributed by atoms with Crippen molar-refractivity contribution in [3.05, 3.63) is 23.8 Å². The number of nitrogens with one attached hydrogen (secondary N) is 1. The van der Waals surface area contributed by atoms with Gasteiger partial charge in [0.15, 0.2) is 0 Å². The summed E-state index contributed by atoms with van der Waals surface area (Å²) in [7, 11) is 3.27. The van der Waals surface area contributed by atoms with Crippen LogP contribution < -0.4 is 14.8 Å². The summed E-state index contributed by atoms with van der Waals surface area (Å²) in [5.74, 6) is 1.65. The first-order valence-corrected chi connectivity index (χ1v) is 8.88. The first-order valence-electron chi connectivity index (χ1n) is 8.88. The number of rotatable bonds is 8. The molecule has 0 bridgehead atoms. The van der Waals surface area contributed by atoms with Gasteiger partial charge in [0.2, 0.25) is 5.91 Å². The van der Waals surface area contributed by atoms with E-state index in [0.717, 1.165) is 43.0 Å². The molecule has 1 aliphatic rings. The van der Waals surface area contributed by atoms with Crippen LogP contribution in [0.25, 0.3) is 0 Å². The van der Waals surface area contributed by atoms with Crippen LogP contribution in [0.5, 0.6) is 11.5 Å². The Balaban J connectivity index is 1.77. The quantitative estimate of drug-likeness (QED) is 0.794. The van der Waals surface area contributed by atoms with Gasteiger partial charge in [0.05, 0.1) is 14.2 Å². The van der Waals surface area contributed by atoms with Crippen molar-refractivity contribution in [2.45, 2.75) is 45.1 Å². The number of hydrogen-bond donors (Lipinski definition) is 1. The Morgan fingerprint density at radius 2 is 1.79 bits per heavy atom. The van der Waals surface area contributed by atoms with Crippen LogP contribution >= 0.6 is 0 Å². The Morgan fingerprint density at radius 1 is 1.17 bits per heavy atom. The van der Waals surface area contributed by atoms with Gasteiger partial charge in [0, 0.05) is 31.6 Å². The highest BCUT2D eigenvalue weighted by molar-refractivity contribution is 5.76. The molecule has 0 aliphatic carbocycles. The van der Waals surface area contributed by atoms with Crippen LogP contribution in [0.1, 0.15) is 38.2 Å². The lowest BCUT2D eigenvalue weighted by atomic mass is 10.0. The number of carbonyl (C=O) groups excluding carboxylic acids is 1. The van der Waals surface area contributed by atoms with Gasteiger partial charge in [-0.25, -0.2) is 0 Å². The molecule has 24 heavy (non-hydrogen) atoms. The monoisotopic (exact) mass is 334 g/mol. The molecule has 0 radical (unpaired) electrons. The Kier molecular flexibility index (Phi) is 7.37. The number of likely N-dealkylation sites (tertiary alicyclic amines) is 1. The molecule has 0 atom stereocenters. The van der Waals surface area contributed by atoms with Gasteiger partial charge in [-0.15, -0.1) is 0 Å². The molecule has 1 amide bonds. The van der Waals surface area contributed by atoms with E-state index in [2.05, 4.69) is 17.1 Å². The molecule has 1 fully saturated rings. The Labute approximate surface area is 145 Å². The summed E-state index contributed by atoms with van der Waals surface area (Å²) in [5.41, 5.74) is 1.05. The minimum absolute atomic E-state index is 0.130. The first kappa shape index (κ1) is 18.6. The number of benzene rings is 1. The lowest BCUT2D eigenvalue weighted by Gasteiger charge is -2.32. The second kappa shape index (κ2) is 9.52. The molecule has 2 rings (SSSR count). The minimum Gasteiger partial charge on any atom is -0.497 e. The largest absolute Gasteiger partial charge is 0.497 e. The minimum atomic E-state index is 0.130. The number of methoxy groups -OCH3 is 2. The van der Waals surface area contributed by atoms with Gasteiger partial charge in [0.1, 0.15) is 11.5 Å². The molecule has 1 aliphatic heterocycles. The van der Waals surface area contributed by atoms with E-state index in [1.165, 1.54) is 13.0 Å². The van der Waals surface area contributed by atoms with Crippen LogP contribution in [-0.2, 0) is 11.2 Å². The van der Waals surface area contributed by atoms with Crippen molar-refractivity contribution in [3.8, 4) is 11.5 Å². The van der Waals surface area contributed by atoms with Gasteiger partial charge < -0.3 is 19.7 Å². The van der Waals surface area contributed by atoms with E-state index in [1.807, 2.05) is 18.2 Å². The lowest BCUT2D eigenvalue weighted by Crippen LogP contribution is -2.44. The number of amides is 1. The highest BCUT2D eigenvalue weighted by Crippen LogP contribution is 2.23. The van der Waals surface area contributed by atoms with Gasteiger partial charge in [-0.2, -0.15) is 0 Å². The summed E-state index contributed by atoms with van der Waals surface area (Å²) in [6.45, 7) is 5.55. The molecular weight excluding hydrogens is 304 g/mol. The predicted octanol–water partition coefficient (Wildman–Crippen LogP) is 2.63. The maximum atomic E-state index is 12.2. The summed E-state index contributed by atoms with van der Waals surface area (Å²) in [4.78, 5) is 14.7. The summed E-state index contributed by atoms with van der Waals surface area (Å²) < 4.78 is 10.5. The fraction of sp³-hybridized carbons (Fsp3) is 0.632. The molecule has 1 saturated heterocycles. The van der Waals surface area contributed by atoms with E-state index >= 15 is 0 Å². The Bertz CT molecular complexity index is 503. The van der Waals surface area contributed by atoms with E-state index in [1.54, 1.807) is 14.2 Å². The average molecular weight is 334 g/mol. The van der Waals surface area contributed by atoms with E-state index < -0.39 is 0 Å². The van der Waals surface area contributed by atoms with E-state index in [-0.39, 0.29) is 5.91 Å². The second-order valence-corrected chi connectivity index (χ2v) is 6.40. The third kappa shape index (κ3) is 5.71. The fourth-order valence-corrected chi connectivity index (χ4v) is 3.19. The van der Waals surface area contributed by atoms with Gasteiger partial charge >= 0.3 is 0 Å². The maximum Gasteiger partial charge on any atom is 0.220 e. The molecule has 1 aromatic rings. The number of aryl methyl sites for hydroxylation is 1. The molecule has 0 unspecified atom stereocenters. The normalized spacial score (nSPS) is 16.0. The highest BCUT2D eigenvalue weighted by Gasteiger charge is 2.19. The topological polar surface area (TPSA) is 50.8 Å². The first-order chi connectivity index (χ1) is 11.6. The smallest absolute Gasteiger partial charge is 0.220 e. The van der Waals surface area contributed by atoms with Crippen LogP contribution in [0.2, 0.25) is 0 Å². The molecule has 134 valence electrons. The highest BCUT2D eigenvalue weighted by atomic mass is 16.5. The van der Waals surface area contributed by atoms with Crippen molar-refractivity contribution in [3.63, 3.8) is 0 Å². The van der Waals surface area contributed by atoms with Gasteiger partial charge in [-0.3, -0.25) is 4.79 Å². The maximum absolute atomic E-state index is 12.2. The van der Waals surface area contributed by atoms with Crippen molar-refractivity contribution in [2.24, 2.45) is 0 Å². The number of carbonyl (C=O) groups is 1. The van der Waals surface area contributed by atoms with Crippen molar-refractivity contribution < 1.29 is 14.3 Å². The molecule has 5 heteroatoms. The molecule has 0 spiro atoms. The lowest BCUT2D eigenvalue weighted by molar-refractivity contribution is -0.122. The van der Waals surface area contributed by atoms with E-state index in [4.69, 9.17) is 9.47 Å².